The number of phenols is 1. The van der Waals surface area contributed by atoms with Gasteiger partial charge in [-0.15, -0.1) is 10.2 Å². The number of aromatic hydroxyl groups is 1. The molecule has 0 fully saturated rings. The maximum absolute atomic E-state index is 9.83. The van der Waals surface area contributed by atoms with Crippen molar-refractivity contribution < 1.29 is 5.11 Å². The summed E-state index contributed by atoms with van der Waals surface area (Å²) in [4.78, 5) is 0. The van der Waals surface area contributed by atoms with Gasteiger partial charge in [0.1, 0.15) is 12.1 Å². The molecule has 7 nitrogen and oxygen atoms in total. The fraction of sp³-hybridized carbons (Fsp3) is 0. The van der Waals surface area contributed by atoms with E-state index in [0.29, 0.717) is 11.5 Å². The Morgan fingerprint density at radius 3 is 3.00 bits per heavy atom. The minimum Gasteiger partial charge on any atom is -0.506 e. The van der Waals surface area contributed by atoms with Crippen LogP contribution in [0.5, 0.6) is 5.75 Å². The average Bonchev–Trinajstić information content (AvgIpc) is 2.71. The first kappa shape index (κ1) is 13.1. The molecule has 0 saturated heterocycles. The topological polar surface area (TPSA) is 101 Å². The van der Waals surface area contributed by atoms with Crippen molar-refractivity contribution in [2.45, 2.75) is 0 Å². The van der Waals surface area contributed by atoms with Gasteiger partial charge in [0.05, 0.1) is 9.78 Å². The van der Waals surface area contributed by atoms with E-state index in [-0.39, 0.29) is 5.75 Å². The fourth-order valence-electron chi connectivity index (χ4n) is 1.17. The van der Waals surface area contributed by atoms with Crippen molar-refractivity contribution in [1.82, 2.24) is 14.9 Å². The molecule has 9 heteroatoms. The Kier molecular flexibility index (Phi) is 4.01. The van der Waals surface area contributed by atoms with Gasteiger partial charge in [-0.05, 0) is 34.7 Å². The first-order valence-electron chi connectivity index (χ1n) is 4.70. The van der Waals surface area contributed by atoms with Crippen LogP contribution in [0.15, 0.2) is 28.0 Å². The number of anilines is 1. The number of nitrogens with one attached hydrogen (secondary N) is 1. The highest BCUT2D eigenvalue weighted by Crippen LogP contribution is 2.27. The number of hydrazone groups is 1. The Balaban J connectivity index is 2.17. The normalized spacial score (nSPS) is 11.0. The number of benzene rings is 1. The predicted octanol–water partition coefficient (Wildman–Crippen LogP) is 1.51. The molecule has 0 amide bonds. The molecule has 0 bridgehead atoms. The summed E-state index contributed by atoms with van der Waals surface area (Å²) >= 11 is 5.38. The van der Waals surface area contributed by atoms with E-state index < -0.39 is 0 Å². The van der Waals surface area contributed by atoms with Crippen molar-refractivity contribution in [3.63, 3.8) is 0 Å². The lowest BCUT2D eigenvalue weighted by atomic mass is 10.2. The van der Waals surface area contributed by atoms with E-state index in [1.807, 2.05) is 22.6 Å². The van der Waals surface area contributed by atoms with Crippen LogP contribution < -0.4 is 11.3 Å². The van der Waals surface area contributed by atoms with Crippen LogP contribution in [0, 0.1) is 3.57 Å². The Morgan fingerprint density at radius 2 is 2.33 bits per heavy atom. The molecule has 0 unspecified atom stereocenters. The number of hydrogen-bond donors (Lipinski definition) is 3. The Morgan fingerprint density at radius 1 is 1.56 bits per heavy atom. The van der Waals surface area contributed by atoms with Crippen molar-refractivity contribution in [2.24, 2.45) is 5.10 Å². The van der Waals surface area contributed by atoms with Gasteiger partial charge < -0.3 is 10.9 Å². The third kappa shape index (κ3) is 2.90. The molecule has 1 aromatic heterocycles. The summed E-state index contributed by atoms with van der Waals surface area (Å²) in [5.41, 5.74) is 3.19. The quantitative estimate of drug-likeness (QED) is 0.301. The summed E-state index contributed by atoms with van der Waals surface area (Å²) in [6, 6.07) is 3.55. The van der Waals surface area contributed by atoms with Gasteiger partial charge in [0, 0.05) is 10.0 Å². The average molecular weight is 423 g/mol. The number of nitrogens with zero attached hydrogens (tertiary/aromatic N) is 4. The van der Waals surface area contributed by atoms with E-state index in [1.54, 1.807) is 12.1 Å². The number of rotatable bonds is 3. The minimum atomic E-state index is 0.165. The molecule has 0 saturated carbocycles. The summed E-state index contributed by atoms with van der Waals surface area (Å²) in [7, 11) is 0. The van der Waals surface area contributed by atoms with E-state index in [4.69, 9.17) is 5.84 Å². The molecule has 2 rings (SSSR count). The highest BCUT2D eigenvalue weighted by Gasteiger charge is 2.05. The largest absolute Gasteiger partial charge is 0.506 e. The van der Waals surface area contributed by atoms with Gasteiger partial charge >= 0.3 is 0 Å². The summed E-state index contributed by atoms with van der Waals surface area (Å²) in [6.45, 7) is 0. The monoisotopic (exact) mass is 422 g/mol. The van der Waals surface area contributed by atoms with E-state index in [9.17, 15) is 5.11 Å². The van der Waals surface area contributed by atoms with Gasteiger partial charge in [-0.1, -0.05) is 15.9 Å². The molecule has 0 spiro atoms. The van der Waals surface area contributed by atoms with Crippen molar-refractivity contribution in [1.29, 1.82) is 0 Å². The maximum Gasteiger partial charge on any atom is 0.263 e. The van der Waals surface area contributed by atoms with Gasteiger partial charge in [0.15, 0.2) is 0 Å². The SMILES string of the molecule is Nn1cnnc1N/N=C/c1cc(Br)cc(I)c1O. The lowest BCUT2D eigenvalue weighted by molar-refractivity contribution is 0.470. The molecule has 0 atom stereocenters. The molecule has 18 heavy (non-hydrogen) atoms. The van der Waals surface area contributed by atoms with Crippen molar-refractivity contribution in [3.05, 3.63) is 32.1 Å². The lowest BCUT2D eigenvalue weighted by Crippen LogP contribution is -2.10. The predicted molar refractivity (Wildman–Crippen MR) is 79.9 cm³/mol. The third-order valence-electron chi connectivity index (χ3n) is 2.00. The number of halogens is 2. The van der Waals surface area contributed by atoms with Crippen LogP contribution in [-0.2, 0) is 0 Å². The molecular weight excluding hydrogens is 415 g/mol. The second-order valence-corrected chi connectivity index (χ2v) is 5.34. The smallest absolute Gasteiger partial charge is 0.263 e. The maximum atomic E-state index is 9.83. The van der Waals surface area contributed by atoms with E-state index in [2.05, 4.69) is 36.7 Å². The number of nitrogen functional groups attached to an aromatic ring is 1. The highest BCUT2D eigenvalue weighted by atomic mass is 127. The first-order valence-corrected chi connectivity index (χ1v) is 6.57. The van der Waals surface area contributed by atoms with Crippen LogP contribution in [0.4, 0.5) is 5.95 Å². The second kappa shape index (κ2) is 5.52. The number of nitrogens with two attached hydrogens (primary N) is 1. The van der Waals surface area contributed by atoms with Crippen molar-refractivity contribution in [3.8, 4) is 5.75 Å². The Bertz CT molecular complexity index is 599. The highest BCUT2D eigenvalue weighted by molar-refractivity contribution is 14.1. The molecule has 4 N–H and O–H groups in total. The summed E-state index contributed by atoms with van der Waals surface area (Å²) in [5, 5.41) is 21.0. The third-order valence-corrected chi connectivity index (χ3v) is 3.28. The van der Waals surface area contributed by atoms with Gasteiger partial charge in [-0.3, -0.25) is 0 Å². The lowest BCUT2D eigenvalue weighted by Gasteiger charge is -2.03. The van der Waals surface area contributed by atoms with Crippen molar-refractivity contribution >= 4 is 50.7 Å². The van der Waals surface area contributed by atoms with E-state index in [0.717, 1.165) is 8.04 Å². The molecule has 0 aliphatic heterocycles. The zero-order valence-electron chi connectivity index (χ0n) is 8.88. The zero-order valence-corrected chi connectivity index (χ0v) is 12.6. The Labute approximate surface area is 124 Å². The van der Waals surface area contributed by atoms with Gasteiger partial charge in [-0.25, -0.2) is 10.1 Å². The minimum absolute atomic E-state index is 0.165. The van der Waals surface area contributed by atoms with Crippen LogP contribution in [-0.4, -0.2) is 26.2 Å². The van der Waals surface area contributed by atoms with E-state index in [1.165, 1.54) is 17.2 Å². The van der Waals surface area contributed by atoms with Crippen LogP contribution in [0.2, 0.25) is 0 Å². The number of phenolic OH excluding ortho intramolecular Hbond substituents is 1. The number of hydrogen-bond acceptors (Lipinski definition) is 6. The van der Waals surface area contributed by atoms with Crippen LogP contribution in [0.1, 0.15) is 5.56 Å². The molecular formula is C9H8BrIN6O. The summed E-state index contributed by atoms with van der Waals surface area (Å²) < 4.78 is 2.78. The molecule has 0 aliphatic rings. The molecule has 0 aliphatic carbocycles. The molecule has 1 aromatic carbocycles. The summed E-state index contributed by atoms with van der Waals surface area (Å²) in [5.74, 6) is 5.96. The summed E-state index contributed by atoms with van der Waals surface area (Å²) in [6.07, 6.45) is 2.81. The van der Waals surface area contributed by atoms with Gasteiger partial charge in [0.25, 0.3) is 5.95 Å². The van der Waals surface area contributed by atoms with Gasteiger partial charge in [0.2, 0.25) is 0 Å². The first-order chi connectivity index (χ1) is 8.58. The van der Waals surface area contributed by atoms with Crippen molar-refractivity contribution in [2.75, 3.05) is 11.3 Å². The van der Waals surface area contributed by atoms with Gasteiger partial charge in [-0.2, -0.15) is 5.10 Å². The Hall–Kier alpha value is -1.36. The van der Waals surface area contributed by atoms with E-state index >= 15 is 0 Å². The second-order valence-electron chi connectivity index (χ2n) is 3.26. The van der Waals surface area contributed by atoms with Crippen LogP contribution in [0.25, 0.3) is 0 Å². The molecule has 1 heterocycles. The molecule has 0 radical (unpaired) electrons. The zero-order chi connectivity index (χ0) is 13.1. The van der Waals surface area contributed by atoms with Crippen LogP contribution >= 0.6 is 38.5 Å². The fourth-order valence-corrected chi connectivity index (χ4v) is 2.72. The standard InChI is InChI=1S/C9H8BrIN6O/c10-6-1-5(8(18)7(11)2-6)3-13-15-9-16-14-4-17(9)12/h1-4,18H,12H2,(H,15,16)/b13-3+. The van der Waals surface area contributed by atoms with Crippen LogP contribution in [0.3, 0.4) is 0 Å². The molecule has 2 aromatic rings. The number of aromatic nitrogens is 3. The molecule has 94 valence electrons.